The topological polar surface area (TPSA) is 107 Å². The van der Waals surface area contributed by atoms with Gasteiger partial charge in [0.05, 0.1) is 19.8 Å². The molecule has 0 aromatic heterocycles. The lowest BCUT2D eigenvalue weighted by atomic mass is 9.92. The molecule has 0 saturated heterocycles. The van der Waals surface area contributed by atoms with E-state index in [0.717, 1.165) is 0 Å². The van der Waals surface area contributed by atoms with Crippen molar-refractivity contribution in [2.45, 2.75) is 79.1 Å². The van der Waals surface area contributed by atoms with Crippen molar-refractivity contribution in [3.8, 4) is 0 Å². The van der Waals surface area contributed by atoms with Gasteiger partial charge in [-0.2, -0.15) is 0 Å². The molecule has 0 radical (unpaired) electrons. The third-order valence-electron chi connectivity index (χ3n) is 4.04. The molecule has 1 saturated carbocycles. The summed E-state index contributed by atoms with van der Waals surface area (Å²) < 4.78 is 31.2. The zero-order chi connectivity index (χ0) is 22.7. The minimum Gasteiger partial charge on any atom is -0.434 e. The van der Waals surface area contributed by atoms with Gasteiger partial charge in [0.25, 0.3) is 0 Å². The lowest BCUT2D eigenvalue weighted by molar-refractivity contribution is -0.0999. The average molecular weight is 433 g/mol. The molecule has 9 heteroatoms. The van der Waals surface area contributed by atoms with Crippen LogP contribution < -0.4 is 0 Å². The van der Waals surface area contributed by atoms with E-state index in [1.165, 1.54) is 0 Å². The van der Waals surface area contributed by atoms with Crippen molar-refractivity contribution in [2.24, 2.45) is 17.8 Å². The van der Waals surface area contributed by atoms with Gasteiger partial charge in [0.1, 0.15) is 18.3 Å². The van der Waals surface area contributed by atoms with E-state index in [1.807, 2.05) is 41.5 Å². The standard InChI is InChI=1S/C21H36O9/c1-13(2)10-25-19(22)28-16-7-8-17(29-20(23)26-11-14(3)4)18(9-16)30-21(24)27-12-15(5)6/h13-18H,7-12H2,1-6H3. The summed E-state index contributed by atoms with van der Waals surface area (Å²) in [5.41, 5.74) is 0. The van der Waals surface area contributed by atoms with Crippen LogP contribution in [0.3, 0.4) is 0 Å². The maximum absolute atomic E-state index is 12.0. The predicted molar refractivity (Wildman–Crippen MR) is 107 cm³/mol. The highest BCUT2D eigenvalue weighted by atomic mass is 16.8. The van der Waals surface area contributed by atoms with E-state index in [1.54, 1.807) is 0 Å². The van der Waals surface area contributed by atoms with Gasteiger partial charge in [-0.05, 0) is 30.6 Å². The quantitative estimate of drug-likeness (QED) is 0.378. The molecule has 3 atom stereocenters. The molecule has 0 amide bonds. The van der Waals surface area contributed by atoms with Crippen LogP contribution in [0.4, 0.5) is 14.4 Å². The number of carbonyl (C=O) groups excluding carboxylic acids is 3. The van der Waals surface area contributed by atoms with Crippen molar-refractivity contribution < 1.29 is 42.8 Å². The zero-order valence-electron chi connectivity index (χ0n) is 18.9. The number of hydrogen-bond acceptors (Lipinski definition) is 9. The first kappa shape index (κ1) is 25.8. The van der Waals surface area contributed by atoms with Crippen molar-refractivity contribution in [3.63, 3.8) is 0 Å². The molecule has 0 aromatic rings. The van der Waals surface area contributed by atoms with Crippen LogP contribution in [0.2, 0.25) is 0 Å². The summed E-state index contributed by atoms with van der Waals surface area (Å²) in [6.45, 7) is 12.1. The molecule has 0 aromatic carbocycles. The lowest BCUT2D eigenvalue weighted by Gasteiger charge is -2.34. The Labute approximate surface area is 178 Å². The van der Waals surface area contributed by atoms with Crippen LogP contribution in [-0.2, 0) is 28.4 Å². The van der Waals surface area contributed by atoms with E-state index >= 15 is 0 Å². The first-order chi connectivity index (χ1) is 14.1. The van der Waals surface area contributed by atoms with Crippen molar-refractivity contribution in [2.75, 3.05) is 19.8 Å². The summed E-state index contributed by atoms with van der Waals surface area (Å²) in [7, 11) is 0. The highest BCUT2D eigenvalue weighted by Gasteiger charge is 2.38. The molecule has 0 heterocycles. The SMILES string of the molecule is CC(C)COC(=O)OC1CCC(OC(=O)OCC(C)C)C(OC(=O)OCC(C)C)C1. The lowest BCUT2D eigenvalue weighted by Crippen LogP contribution is -2.43. The Bertz CT molecular complexity index is 545. The monoisotopic (exact) mass is 432 g/mol. The van der Waals surface area contributed by atoms with Crippen LogP contribution in [0, 0.1) is 17.8 Å². The smallest absolute Gasteiger partial charge is 0.434 e. The van der Waals surface area contributed by atoms with Gasteiger partial charge in [-0.15, -0.1) is 0 Å². The zero-order valence-corrected chi connectivity index (χ0v) is 18.9. The summed E-state index contributed by atoms with van der Waals surface area (Å²) in [5, 5.41) is 0. The third-order valence-corrected chi connectivity index (χ3v) is 4.04. The second-order valence-electron chi connectivity index (χ2n) is 8.73. The molecule has 1 aliphatic carbocycles. The molecule has 0 spiro atoms. The molecule has 0 aliphatic heterocycles. The molecule has 1 rings (SSSR count). The molecular formula is C21H36O9. The Morgan fingerprint density at radius 1 is 0.633 bits per heavy atom. The number of carbonyl (C=O) groups is 3. The molecule has 0 bridgehead atoms. The van der Waals surface area contributed by atoms with Crippen molar-refractivity contribution in [3.05, 3.63) is 0 Å². The van der Waals surface area contributed by atoms with Crippen LogP contribution in [-0.4, -0.2) is 56.6 Å². The van der Waals surface area contributed by atoms with Crippen LogP contribution in [0.5, 0.6) is 0 Å². The first-order valence-corrected chi connectivity index (χ1v) is 10.6. The fourth-order valence-electron chi connectivity index (χ4n) is 2.62. The Morgan fingerprint density at radius 2 is 1.03 bits per heavy atom. The van der Waals surface area contributed by atoms with Gasteiger partial charge < -0.3 is 28.4 Å². The van der Waals surface area contributed by atoms with Gasteiger partial charge in [-0.3, -0.25) is 0 Å². The van der Waals surface area contributed by atoms with Gasteiger partial charge in [-0.25, -0.2) is 14.4 Å². The summed E-state index contributed by atoms with van der Waals surface area (Å²) in [4.78, 5) is 35.8. The normalized spacial score (nSPS) is 21.3. The van der Waals surface area contributed by atoms with Gasteiger partial charge in [0.15, 0.2) is 0 Å². The summed E-state index contributed by atoms with van der Waals surface area (Å²) in [6, 6.07) is 0. The van der Waals surface area contributed by atoms with E-state index in [-0.39, 0.29) is 44.0 Å². The maximum Gasteiger partial charge on any atom is 0.508 e. The van der Waals surface area contributed by atoms with Gasteiger partial charge >= 0.3 is 18.5 Å². The van der Waals surface area contributed by atoms with Crippen LogP contribution >= 0.6 is 0 Å². The Kier molecular flexibility index (Phi) is 11.4. The first-order valence-electron chi connectivity index (χ1n) is 10.6. The van der Waals surface area contributed by atoms with Crippen LogP contribution in [0.1, 0.15) is 60.8 Å². The van der Waals surface area contributed by atoms with E-state index in [9.17, 15) is 14.4 Å². The summed E-state index contributed by atoms with van der Waals surface area (Å²) >= 11 is 0. The van der Waals surface area contributed by atoms with Crippen molar-refractivity contribution in [1.29, 1.82) is 0 Å². The molecule has 30 heavy (non-hydrogen) atoms. The minimum absolute atomic E-state index is 0.147. The maximum atomic E-state index is 12.0. The third kappa shape index (κ3) is 11.1. The Hall–Kier alpha value is -2.19. The fourth-order valence-corrected chi connectivity index (χ4v) is 2.62. The van der Waals surface area contributed by atoms with E-state index < -0.39 is 36.8 Å². The predicted octanol–water partition coefficient (Wildman–Crippen LogP) is 4.70. The summed E-state index contributed by atoms with van der Waals surface area (Å²) in [6.07, 6.45) is -3.61. The number of ether oxygens (including phenoxy) is 6. The molecule has 0 N–H and O–H groups in total. The van der Waals surface area contributed by atoms with E-state index in [2.05, 4.69) is 0 Å². The largest absolute Gasteiger partial charge is 0.508 e. The average Bonchev–Trinajstić information content (AvgIpc) is 2.65. The second kappa shape index (κ2) is 13.2. The summed E-state index contributed by atoms with van der Waals surface area (Å²) in [5.74, 6) is 0.496. The van der Waals surface area contributed by atoms with Gasteiger partial charge in [0, 0.05) is 6.42 Å². The highest BCUT2D eigenvalue weighted by molar-refractivity contribution is 5.62. The number of rotatable bonds is 9. The molecule has 3 unspecified atom stereocenters. The molecule has 1 aliphatic rings. The fraction of sp³-hybridized carbons (Fsp3) is 0.857. The van der Waals surface area contributed by atoms with Crippen LogP contribution in [0.15, 0.2) is 0 Å². The highest BCUT2D eigenvalue weighted by Crippen LogP contribution is 2.28. The van der Waals surface area contributed by atoms with E-state index in [4.69, 9.17) is 28.4 Å². The molecule has 1 fully saturated rings. The van der Waals surface area contributed by atoms with Crippen molar-refractivity contribution in [1.82, 2.24) is 0 Å². The van der Waals surface area contributed by atoms with Gasteiger partial charge in [-0.1, -0.05) is 41.5 Å². The molecular weight excluding hydrogens is 396 g/mol. The number of hydrogen-bond donors (Lipinski definition) is 0. The minimum atomic E-state index is -0.860. The van der Waals surface area contributed by atoms with E-state index in [0.29, 0.717) is 12.8 Å². The molecule has 9 nitrogen and oxygen atoms in total. The Balaban J connectivity index is 2.67. The van der Waals surface area contributed by atoms with Crippen LogP contribution in [0.25, 0.3) is 0 Å². The van der Waals surface area contributed by atoms with Gasteiger partial charge in [0.2, 0.25) is 0 Å². The Morgan fingerprint density at radius 3 is 1.47 bits per heavy atom. The van der Waals surface area contributed by atoms with Crippen molar-refractivity contribution >= 4 is 18.5 Å². The second-order valence-corrected chi connectivity index (χ2v) is 8.73. The molecule has 174 valence electrons.